The molecule has 2 N–H and O–H groups in total. The molecule has 28 heavy (non-hydrogen) atoms. The van der Waals surface area contributed by atoms with Gasteiger partial charge in [0.15, 0.2) is 0 Å². The highest BCUT2D eigenvalue weighted by Crippen LogP contribution is 2.21. The van der Waals surface area contributed by atoms with Crippen molar-refractivity contribution in [3.8, 4) is 0 Å². The summed E-state index contributed by atoms with van der Waals surface area (Å²) in [6.07, 6.45) is 1.99. The van der Waals surface area contributed by atoms with Gasteiger partial charge in [0.05, 0.1) is 0 Å². The maximum Gasteiger partial charge on any atom is 0.251 e. The fourth-order valence-electron chi connectivity index (χ4n) is 3.75. The molecule has 0 spiro atoms. The fourth-order valence-corrected chi connectivity index (χ4v) is 3.75. The number of benzene rings is 3. The lowest BCUT2D eigenvalue weighted by molar-refractivity contribution is 0.0904. The Morgan fingerprint density at radius 2 is 1.82 bits per heavy atom. The molecule has 0 unspecified atom stereocenters. The van der Waals surface area contributed by atoms with Crippen LogP contribution in [0.1, 0.15) is 34.3 Å². The number of aryl methyl sites for hydroxylation is 1. The number of carbonyl (C=O) groups is 1. The van der Waals surface area contributed by atoms with Crippen LogP contribution in [0, 0.1) is 6.92 Å². The number of fused-ring (bicyclic) bond motifs is 1. The first-order valence-electron chi connectivity index (χ1n) is 9.90. The lowest BCUT2D eigenvalue weighted by atomic mass is 10.0. The molecule has 1 amide bonds. The van der Waals surface area contributed by atoms with Crippen LogP contribution in [-0.4, -0.2) is 25.2 Å². The highest BCUT2D eigenvalue weighted by atomic mass is 16.5. The van der Waals surface area contributed by atoms with E-state index in [4.69, 9.17) is 4.74 Å². The summed E-state index contributed by atoms with van der Waals surface area (Å²) in [4.78, 5) is 12.9. The van der Waals surface area contributed by atoms with E-state index in [2.05, 4.69) is 34.9 Å². The zero-order valence-corrected chi connectivity index (χ0v) is 16.2. The van der Waals surface area contributed by atoms with Gasteiger partial charge in [-0.05, 0) is 53.8 Å². The van der Waals surface area contributed by atoms with E-state index in [1.165, 1.54) is 10.8 Å². The summed E-state index contributed by atoms with van der Waals surface area (Å²) < 4.78 is 5.42. The van der Waals surface area contributed by atoms with Gasteiger partial charge in [-0.15, -0.1) is 0 Å². The van der Waals surface area contributed by atoms with E-state index in [-0.39, 0.29) is 5.91 Å². The van der Waals surface area contributed by atoms with E-state index < -0.39 is 0 Å². The molecule has 0 radical (unpaired) electrons. The minimum Gasteiger partial charge on any atom is -0.382 e. The Morgan fingerprint density at radius 1 is 1.04 bits per heavy atom. The molecule has 4 rings (SSSR count). The maximum absolute atomic E-state index is 12.9. The summed E-state index contributed by atoms with van der Waals surface area (Å²) in [6, 6.07) is 20.9. The molecule has 1 aliphatic heterocycles. The topological polar surface area (TPSA) is 50.4 Å². The van der Waals surface area contributed by atoms with Crippen LogP contribution < -0.4 is 10.6 Å². The lowest BCUT2D eigenvalue weighted by Gasteiger charge is -2.24. The van der Waals surface area contributed by atoms with Gasteiger partial charge < -0.3 is 15.4 Å². The maximum atomic E-state index is 12.9. The fraction of sp³-hybridized carbons (Fsp3) is 0.292. The molecular weight excluding hydrogens is 348 g/mol. The van der Waals surface area contributed by atoms with Crippen molar-refractivity contribution in [2.24, 2.45) is 0 Å². The molecule has 144 valence electrons. The molecule has 0 atom stereocenters. The quantitative estimate of drug-likeness (QED) is 0.682. The van der Waals surface area contributed by atoms with Crippen LogP contribution in [-0.2, 0) is 11.3 Å². The van der Waals surface area contributed by atoms with Crippen LogP contribution >= 0.6 is 0 Å². The second kappa shape index (κ2) is 8.44. The van der Waals surface area contributed by atoms with Crippen molar-refractivity contribution >= 4 is 22.4 Å². The number of amides is 1. The largest absolute Gasteiger partial charge is 0.382 e. The zero-order valence-electron chi connectivity index (χ0n) is 16.2. The van der Waals surface area contributed by atoms with Crippen molar-refractivity contribution in [2.75, 3.05) is 18.5 Å². The second-order valence-electron chi connectivity index (χ2n) is 7.38. The van der Waals surface area contributed by atoms with Crippen LogP contribution in [0.2, 0.25) is 0 Å². The van der Waals surface area contributed by atoms with Crippen molar-refractivity contribution in [3.05, 3.63) is 77.4 Å². The van der Waals surface area contributed by atoms with Gasteiger partial charge in [-0.2, -0.15) is 0 Å². The summed E-state index contributed by atoms with van der Waals surface area (Å²) in [5, 5.41) is 9.00. The summed E-state index contributed by atoms with van der Waals surface area (Å²) in [5.74, 6) is -0.0407. The summed E-state index contributed by atoms with van der Waals surface area (Å²) >= 11 is 0. The van der Waals surface area contributed by atoms with E-state index in [9.17, 15) is 4.79 Å². The normalized spacial score (nSPS) is 14.8. The van der Waals surface area contributed by atoms with Crippen LogP contribution in [0.15, 0.2) is 60.7 Å². The van der Waals surface area contributed by atoms with Crippen molar-refractivity contribution in [3.63, 3.8) is 0 Å². The Morgan fingerprint density at radius 3 is 2.68 bits per heavy atom. The molecule has 4 heteroatoms. The lowest BCUT2D eigenvalue weighted by Crippen LogP contribution is -2.28. The van der Waals surface area contributed by atoms with E-state index >= 15 is 0 Å². The Kier molecular flexibility index (Phi) is 5.58. The first-order valence-corrected chi connectivity index (χ1v) is 9.90. The number of hydrogen-bond acceptors (Lipinski definition) is 3. The van der Waals surface area contributed by atoms with E-state index in [1.807, 2.05) is 43.3 Å². The molecule has 4 nitrogen and oxygen atoms in total. The van der Waals surface area contributed by atoms with Crippen LogP contribution in [0.5, 0.6) is 0 Å². The monoisotopic (exact) mass is 374 g/mol. The highest BCUT2D eigenvalue weighted by molar-refractivity contribution is 5.97. The van der Waals surface area contributed by atoms with Crippen molar-refractivity contribution < 1.29 is 9.53 Å². The number of carbonyl (C=O) groups excluding carboxylic acids is 1. The summed E-state index contributed by atoms with van der Waals surface area (Å²) in [7, 11) is 0. The average molecular weight is 374 g/mol. The smallest absolute Gasteiger partial charge is 0.251 e. The number of ether oxygens (including phenoxy) is 1. The number of anilines is 1. The molecular formula is C24H26N2O2. The first kappa shape index (κ1) is 18.5. The van der Waals surface area contributed by atoms with Crippen LogP contribution in [0.25, 0.3) is 10.8 Å². The van der Waals surface area contributed by atoms with E-state index in [1.54, 1.807) is 0 Å². The third-order valence-corrected chi connectivity index (χ3v) is 5.39. The second-order valence-corrected chi connectivity index (χ2v) is 7.38. The molecule has 0 aliphatic carbocycles. The van der Waals surface area contributed by atoms with Gasteiger partial charge in [0.25, 0.3) is 5.91 Å². The van der Waals surface area contributed by atoms with Crippen molar-refractivity contribution in [2.45, 2.75) is 32.4 Å². The Balaban J connectivity index is 1.47. The van der Waals surface area contributed by atoms with Crippen molar-refractivity contribution in [1.82, 2.24) is 5.32 Å². The predicted octanol–water partition coefficient (Wildman–Crippen LogP) is 4.67. The summed E-state index contributed by atoms with van der Waals surface area (Å²) in [5.41, 5.74) is 3.82. The van der Waals surface area contributed by atoms with E-state index in [0.717, 1.165) is 48.4 Å². The van der Waals surface area contributed by atoms with Crippen LogP contribution in [0.4, 0.5) is 5.69 Å². The predicted molar refractivity (Wildman–Crippen MR) is 114 cm³/mol. The number of nitrogens with one attached hydrogen (secondary N) is 2. The molecule has 0 saturated carbocycles. The van der Waals surface area contributed by atoms with Gasteiger partial charge >= 0.3 is 0 Å². The SMILES string of the molecule is Cc1ccc(NC2CCOCC2)cc1C(=O)NCc1cccc2ccccc12. The standard InChI is InChI=1S/C24H26N2O2/c1-17-9-10-21(26-20-11-13-28-14-12-20)15-23(17)24(27)25-16-19-7-4-6-18-5-2-3-8-22(18)19/h2-10,15,20,26H,11-14,16H2,1H3,(H,25,27). The molecule has 0 aromatic heterocycles. The van der Waals surface area contributed by atoms with Gasteiger partial charge in [0, 0.05) is 37.1 Å². The van der Waals surface area contributed by atoms with Crippen LogP contribution in [0.3, 0.4) is 0 Å². The number of rotatable bonds is 5. The molecule has 1 heterocycles. The first-order chi connectivity index (χ1) is 13.7. The molecule has 1 aliphatic rings. The molecule has 3 aromatic carbocycles. The number of hydrogen-bond donors (Lipinski definition) is 2. The summed E-state index contributed by atoms with van der Waals surface area (Å²) in [6.45, 7) is 4.08. The molecule has 0 bridgehead atoms. The van der Waals surface area contributed by atoms with Gasteiger partial charge in [-0.1, -0.05) is 48.5 Å². The van der Waals surface area contributed by atoms with Gasteiger partial charge in [-0.3, -0.25) is 4.79 Å². The molecule has 3 aromatic rings. The highest BCUT2D eigenvalue weighted by Gasteiger charge is 2.15. The third kappa shape index (κ3) is 4.18. The van der Waals surface area contributed by atoms with E-state index in [0.29, 0.717) is 12.6 Å². The van der Waals surface area contributed by atoms with Gasteiger partial charge in [0.2, 0.25) is 0 Å². The Labute approximate surface area is 165 Å². The molecule has 1 fully saturated rings. The van der Waals surface area contributed by atoms with Gasteiger partial charge in [-0.25, -0.2) is 0 Å². The van der Waals surface area contributed by atoms with Crippen molar-refractivity contribution in [1.29, 1.82) is 0 Å². The third-order valence-electron chi connectivity index (χ3n) is 5.39. The molecule has 1 saturated heterocycles. The minimum atomic E-state index is -0.0407. The Hall–Kier alpha value is -2.85. The Bertz CT molecular complexity index is 972. The van der Waals surface area contributed by atoms with Gasteiger partial charge in [0.1, 0.15) is 0 Å². The average Bonchev–Trinajstić information content (AvgIpc) is 2.74. The zero-order chi connectivity index (χ0) is 19.3. The minimum absolute atomic E-state index is 0.0407.